The van der Waals surface area contributed by atoms with Crippen LogP contribution in [0.1, 0.15) is 34.1 Å². The molecule has 0 spiro atoms. The van der Waals surface area contributed by atoms with Gasteiger partial charge in [0.1, 0.15) is 0 Å². The molecule has 2 aromatic carbocycles. The normalized spacial score (nSPS) is 13.5. The van der Waals surface area contributed by atoms with Crippen molar-refractivity contribution in [2.75, 3.05) is 19.8 Å². The fraction of sp³-hybridized carbons (Fsp3) is 0.429. The maximum atomic E-state index is 14.8. The SMILES string of the molecule is CCO[Si](OCC)(OCC)C(CC)P(=O)(c1ccccc1)c1ccccc1. The molecule has 6 heteroatoms. The molecular formula is C21H31O4PSi. The Bertz CT molecular complexity index is 663. The Balaban J connectivity index is 2.72. The van der Waals surface area contributed by atoms with Crippen molar-refractivity contribution in [1.29, 1.82) is 0 Å². The molecule has 0 amide bonds. The van der Waals surface area contributed by atoms with Crippen molar-refractivity contribution < 1.29 is 17.8 Å². The fourth-order valence-electron chi connectivity index (χ4n) is 3.55. The lowest BCUT2D eigenvalue weighted by Gasteiger charge is -2.39. The minimum Gasteiger partial charge on any atom is -0.373 e. The van der Waals surface area contributed by atoms with E-state index in [-0.39, 0.29) is 5.28 Å². The summed E-state index contributed by atoms with van der Waals surface area (Å²) in [7, 11) is -6.25. The zero-order chi connectivity index (χ0) is 19.8. The van der Waals surface area contributed by atoms with E-state index < -0.39 is 15.9 Å². The number of hydrogen-bond donors (Lipinski definition) is 0. The first-order valence-corrected chi connectivity index (χ1v) is 13.3. The maximum absolute atomic E-state index is 14.8. The van der Waals surface area contributed by atoms with Crippen molar-refractivity contribution in [3.8, 4) is 0 Å². The molecule has 4 nitrogen and oxygen atoms in total. The van der Waals surface area contributed by atoms with Crippen LogP contribution in [-0.4, -0.2) is 33.9 Å². The van der Waals surface area contributed by atoms with Gasteiger partial charge in [0.15, 0.2) is 7.14 Å². The second-order valence-electron chi connectivity index (χ2n) is 6.16. The van der Waals surface area contributed by atoms with Gasteiger partial charge >= 0.3 is 8.80 Å². The Morgan fingerprint density at radius 1 is 0.741 bits per heavy atom. The number of hydrogen-bond acceptors (Lipinski definition) is 4. The standard InChI is InChI=1S/C21H31O4PSi/c1-5-21(27(23-6-2,24-7-3)25-8-4)26(22,19-15-11-9-12-16-19)20-17-13-10-14-18-20/h9-18,21H,5-8H2,1-4H3. The summed E-state index contributed by atoms with van der Waals surface area (Å²) in [4.78, 5) is 0. The van der Waals surface area contributed by atoms with Crippen LogP contribution in [0, 0.1) is 0 Å². The van der Waals surface area contributed by atoms with Crippen molar-refractivity contribution in [3.63, 3.8) is 0 Å². The summed E-state index contributed by atoms with van der Waals surface area (Å²) in [6.45, 7) is 9.24. The lowest BCUT2D eigenvalue weighted by Crippen LogP contribution is -2.58. The van der Waals surface area contributed by atoms with Crippen LogP contribution < -0.4 is 10.6 Å². The molecule has 0 saturated carbocycles. The highest BCUT2D eigenvalue weighted by Crippen LogP contribution is 2.53. The van der Waals surface area contributed by atoms with Crippen molar-refractivity contribution in [1.82, 2.24) is 0 Å². The van der Waals surface area contributed by atoms with Gasteiger partial charge in [-0.05, 0) is 27.2 Å². The molecule has 0 heterocycles. The minimum atomic E-state index is -3.19. The summed E-state index contributed by atoms with van der Waals surface area (Å²) in [6, 6.07) is 19.4. The molecule has 0 aromatic heterocycles. The molecule has 0 saturated heterocycles. The van der Waals surface area contributed by atoms with Gasteiger partial charge in [0.05, 0.1) is 5.28 Å². The molecule has 0 bridgehead atoms. The smallest absolute Gasteiger partial charge is 0.373 e. The van der Waals surface area contributed by atoms with Crippen molar-refractivity contribution in [2.24, 2.45) is 0 Å². The summed E-state index contributed by atoms with van der Waals surface area (Å²) in [5.74, 6) is 0. The summed E-state index contributed by atoms with van der Waals surface area (Å²) in [5, 5.41) is 1.30. The van der Waals surface area contributed by atoms with Gasteiger partial charge < -0.3 is 17.8 Å². The third-order valence-corrected chi connectivity index (χ3v) is 13.3. The molecule has 1 atom stereocenters. The van der Waals surface area contributed by atoms with Crippen molar-refractivity contribution in [3.05, 3.63) is 60.7 Å². The Labute approximate surface area is 164 Å². The summed E-state index contributed by atoms with van der Waals surface area (Å²) < 4.78 is 33.3. The summed E-state index contributed by atoms with van der Waals surface area (Å²) in [6.07, 6.45) is 0.646. The third-order valence-electron chi connectivity index (χ3n) is 4.55. The van der Waals surface area contributed by atoms with Gasteiger partial charge in [-0.1, -0.05) is 67.6 Å². The van der Waals surface area contributed by atoms with Gasteiger partial charge in [-0.2, -0.15) is 0 Å². The van der Waals surface area contributed by atoms with E-state index in [4.69, 9.17) is 13.3 Å². The molecule has 2 rings (SSSR count). The summed E-state index contributed by atoms with van der Waals surface area (Å²) in [5.41, 5.74) is 0. The first kappa shape index (κ1) is 22.1. The van der Waals surface area contributed by atoms with Crippen molar-refractivity contribution in [2.45, 2.75) is 39.4 Å². The Kier molecular flexibility index (Phi) is 8.46. The number of benzene rings is 2. The van der Waals surface area contributed by atoms with Gasteiger partial charge in [-0.3, -0.25) is 0 Å². The van der Waals surface area contributed by atoms with E-state index in [1.807, 2.05) is 88.4 Å². The molecular weight excluding hydrogens is 375 g/mol. The molecule has 1 unspecified atom stereocenters. The topological polar surface area (TPSA) is 44.8 Å². The van der Waals surface area contributed by atoms with Crippen LogP contribution in [0.25, 0.3) is 0 Å². The molecule has 0 aliphatic carbocycles. The predicted molar refractivity (Wildman–Crippen MR) is 114 cm³/mol. The molecule has 148 valence electrons. The second kappa shape index (κ2) is 10.3. The lowest BCUT2D eigenvalue weighted by molar-refractivity contribution is 0.0684. The van der Waals surface area contributed by atoms with Crippen LogP contribution in [0.5, 0.6) is 0 Å². The van der Waals surface area contributed by atoms with E-state index in [2.05, 4.69) is 0 Å². The molecule has 27 heavy (non-hydrogen) atoms. The van der Waals surface area contributed by atoms with E-state index in [1.54, 1.807) is 0 Å². The van der Waals surface area contributed by atoms with E-state index in [0.29, 0.717) is 26.2 Å². The highest BCUT2D eigenvalue weighted by atomic mass is 31.2. The number of rotatable bonds is 11. The van der Waals surface area contributed by atoms with E-state index in [0.717, 1.165) is 10.6 Å². The van der Waals surface area contributed by atoms with E-state index >= 15 is 0 Å². The van der Waals surface area contributed by atoms with Gasteiger partial charge in [0.2, 0.25) is 0 Å². The highest BCUT2D eigenvalue weighted by Gasteiger charge is 2.57. The van der Waals surface area contributed by atoms with E-state index in [1.165, 1.54) is 0 Å². The first-order valence-electron chi connectivity index (χ1n) is 9.71. The Morgan fingerprint density at radius 2 is 1.11 bits per heavy atom. The predicted octanol–water partition coefficient (Wildman–Crippen LogP) is 4.37. The van der Waals surface area contributed by atoms with Gasteiger partial charge in [-0.25, -0.2) is 0 Å². The molecule has 0 aliphatic heterocycles. The molecule has 0 aliphatic rings. The second-order valence-corrected chi connectivity index (χ2v) is 12.4. The first-order chi connectivity index (χ1) is 13.1. The average molecular weight is 407 g/mol. The van der Waals surface area contributed by atoms with Crippen LogP contribution in [0.3, 0.4) is 0 Å². The van der Waals surface area contributed by atoms with Gasteiger partial charge in [0.25, 0.3) is 0 Å². The fourth-order valence-corrected chi connectivity index (χ4v) is 12.2. The van der Waals surface area contributed by atoms with Crippen LogP contribution >= 0.6 is 7.14 Å². The Hall–Kier alpha value is -1.23. The van der Waals surface area contributed by atoms with Crippen LogP contribution in [-0.2, 0) is 17.8 Å². The van der Waals surface area contributed by atoms with Crippen molar-refractivity contribution >= 4 is 26.6 Å². The van der Waals surface area contributed by atoms with Crippen LogP contribution in [0.4, 0.5) is 0 Å². The zero-order valence-corrected chi connectivity index (χ0v) is 18.7. The van der Waals surface area contributed by atoms with Gasteiger partial charge in [0, 0.05) is 30.4 Å². The zero-order valence-electron chi connectivity index (χ0n) is 16.8. The largest absolute Gasteiger partial charge is 0.512 e. The average Bonchev–Trinajstić information content (AvgIpc) is 2.70. The molecule has 0 radical (unpaired) electrons. The molecule has 0 N–H and O–H groups in total. The maximum Gasteiger partial charge on any atom is 0.512 e. The quantitative estimate of drug-likeness (QED) is 0.411. The minimum absolute atomic E-state index is 0.338. The van der Waals surface area contributed by atoms with Crippen LogP contribution in [0.15, 0.2) is 60.7 Å². The molecule has 0 fully saturated rings. The van der Waals surface area contributed by atoms with E-state index in [9.17, 15) is 4.57 Å². The molecule has 2 aromatic rings. The summed E-state index contributed by atoms with van der Waals surface area (Å²) >= 11 is 0. The highest BCUT2D eigenvalue weighted by molar-refractivity contribution is 7.81. The lowest BCUT2D eigenvalue weighted by atomic mass is 10.4. The monoisotopic (exact) mass is 406 g/mol. The Morgan fingerprint density at radius 3 is 1.41 bits per heavy atom. The van der Waals surface area contributed by atoms with Crippen LogP contribution in [0.2, 0.25) is 0 Å². The third kappa shape index (κ3) is 4.61. The van der Waals surface area contributed by atoms with Gasteiger partial charge in [-0.15, -0.1) is 0 Å².